The molecule has 0 bridgehead atoms. The zero-order valence-electron chi connectivity index (χ0n) is 17.4. The van der Waals surface area contributed by atoms with Crippen molar-refractivity contribution in [3.8, 4) is 0 Å². The van der Waals surface area contributed by atoms with Gasteiger partial charge in [-0.1, -0.05) is 48.5 Å². The third kappa shape index (κ3) is 6.45. The van der Waals surface area contributed by atoms with Crippen LogP contribution in [0, 0.1) is 6.92 Å². The van der Waals surface area contributed by atoms with Crippen molar-refractivity contribution in [3.05, 3.63) is 70.8 Å². The number of aliphatic imine (C=N–C) groups is 1. The summed E-state index contributed by atoms with van der Waals surface area (Å²) in [5, 5.41) is 6.85. The summed E-state index contributed by atoms with van der Waals surface area (Å²) in [5.74, 6) is 1.04. The lowest BCUT2D eigenvalue weighted by Gasteiger charge is -2.20. The lowest BCUT2D eigenvalue weighted by Crippen LogP contribution is -2.38. The number of halogens is 1. The van der Waals surface area contributed by atoms with E-state index in [1.165, 1.54) is 22.3 Å². The van der Waals surface area contributed by atoms with Crippen LogP contribution in [0.4, 0.5) is 0 Å². The van der Waals surface area contributed by atoms with Gasteiger partial charge in [0.15, 0.2) is 5.96 Å². The molecular weight excluding hydrogens is 475 g/mol. The lowest BCUT2D eigenvalue weighted by molar-refractivity contribution is -0.128. The van der Waals surface area contributed by atoms with E-state index in [0.29, 0.717) is 19.5 Å². The number of nitrogens with zero attached hydrogens (tertiary/aromatic N) is 2. The highest BCUT2D eigenvalue weighted by Crippen LogP contribution is 2.17. The molecule has 0 aliphatic carbocycles. The van der Waals surface area contributed by atoms with Gasteiger partial charge in [-0.05, 0) is 42.5 Å². The maximum Gasteiger partial charge on any atom is 0.222 e. The summed E-state index contributed by atoms with van der Waals surface area (Å²) in [4.78, 5) is 18.1. The van der Waals surface area contributed by atoms with Crippen LogP contribution in [0.3, 0.4) is 0 Å². The van der Waals surface area contributed by atoms with Crippen molar-refractivity contribution < 1.29 is 4.79 Å². The minimum atomic E-state index is 0. The fraction of sp³-hybridized carbons (Fsp3) is 0.391. The van der Waals surface area contributed by atoms with Crippen molar-refractivity contribution in [3.63, 3.8) is 0 Å². The van der Waals surface area contributed by atoms with Gasteiger partial charge in [0.1, 0.15) is 0 Å². The second-order valence-corrected chi connectivity index (χ2v) is 7.39. The van der Waals surface area contributed by atoms with Crippen molar-refractivity contribution in [2.24, 2.45) is 4.99 Å². The van der Waals surface area contributed by atoms with Gasteiger partial charge in [-0.15, -0.1) is 24.0 Å². The zero-order valence-corrected chi connectivity index (χ0v) is 19.8. The van der Waals surface area contributed by atoms with Gasteiger partial charge in [-0.2, -0.15) is 0 Å². The minimum Gasteiger partial charge on any atom is -0.352 e. The predicted octanol–water partition coefficient (Wildman–Crippen LogP) is 4.16. The van der Waals surface area contributed by atoms with Crippen molar-refractivity contribution in [2.45, 2.75) is 45.8 Å². The normalized spacial score (nSPS) is 15.1. The topological polar surface area (TPSA) is 56.7 Å². The number of carbonyl (C=O) groups excluding carboxylic acids is 1. The SMILES string of the molecule is CN=C(NCc1cccc(CN2CCCC2=O)c1)NC(C)c1ccccc1C.I. The Morgan fingerprint density at radius 3 is 2.62 bits per heavy atom. The summed E-state index contributed by atoms with van der Waals surface area (Å²) in [7, 11) is 1.79. The number of rotatable bonds is 6. The third-order valence-corrected chi connectivity index (χ3v) is 5.23. The number of guanidine groups is 1. The molecular formula is C23H31IN4O. The Bertz CT molecular complexity index is 852. The van der Waals surface area contributed by atoms with Crippen LogP contribution in [0.2, 0.25) is 0 Å². The van der Waals surface area contributed by atoms with Crippen LogP contribution in [0.25, 0.3) is 0 Å². The third-order valence-electron chi connectivity index (χ3n) is 5.23. The lowest BCUT2D eigenvalue weighted by atomic mass is 10.0. The standard InChI is InChI=1S/C23H30N4O.HI/c1-17-8-4-5-11-21(17)18(2)26-23(24-3)25-15-19-9-6-10-20(14-19)16-27-13-7-12-22(27)28;/h4-6,8-11,14,18H,7,12-13,15-16H2,1-3H3,(H2,24,25,26);1H. The Morgan fingerprint density at radius 2 is 1.93 bits per heavy atom. The second kappa shape index (κ2) is 11.2. The molecule has 2 aromatic rings. The molecule has 1 amide bonds. The van der Waals surface area contributed by atoms with Gasteiger partial charge in [0.2, 0.25) is 5.91 Å². The van der Waals surface area contributed by atoms with E-state index in [4.69, 9.17) is 0 Å². The summed E-state index contributed by atoms with van der Waals surface area (Å²) in [6.07, 6.45) is 1.66. The molecule has 5 nitrogen and oxygen atoms in total. The first kappa shape index (κ1) is 23.2. The number of amides is 1. The number of benzene rings is 2. The first-order chi connectivity index (χ1) is 13.6. The zero-order chi connectivity index (χ0) is 19.9. The summed E-state index contributed by atoms with van der Waals surface area (Å²) in [6.45, 7) is 6.52. The average molecular weight is 506 g/mol. The van der Waals surface area contributed by atoms with Crippen LogP contribution in [0.15, 0.2) is 53.5 Å². The summed E-state index contributed by atoms with van der Waals surface area (Å²) >= 11 is 0. The van der Waals surface area contributed by atoms with Crippen molar-refractivity contribution in [1.82, 2.24) is 15.5 Å². The maximum atomic E-state index is 11.9. The van der Waals surface area contributed by atoms with Crippen LogP contribution in [-0.2, 0) is 17.9 Å². The molecule has 0 radical (unpaired) electrons. The molecule has 1 aliphatic rings. The molecule has 1 fully saturated rings. The van der Waals surface area contributed by atoms with E-state index in [1.807, 2.05) is 4.90 Å². The maximum absolute atomic E-state index is 11.9. The van der Waals surface area contributed by atoms with E-state index >= 15 is 0 Å². The molecule has 2 N–H and O–H groups in total. The Labute approximate surface area is 191 Å². The summed E-state index contributed by atoms with van der Waals surface area (Å²) in [6, 6.07) is 17.0. The highest BCUT2D eigenvalue weighted by Gasteiger charge is 2.20. The van der Waals surface area contributed by atoms with Gasteiger partial charge < -0.3 is 15.5 Å². The Morgan fingerprint density at radius 1 is 1.17 bits per heavy atom. The van der Waals surface area contributed by atoms with E-state index < -0.39 is 0 Å². The fourth-order valence-electron chi connectivity index (χ4n) is 3.67. The van der Waals surface area contributed by atoms with Gasteiger partial charge in [0.25, 0.3) is 0 Å². The summed E-state index contributed by atoms with van der Waals surface area (Å²) in [5.41, 5.74) is 4.88. The number of carbonyl (C=O) groups is 1. The second-order valence-electron chi connectivity index (χ2n) is 7.39. The molecule has 0 aromatic heterocycles. The number of hydrogen-bond acceptors (Lipinski definition) is 2. The molecule has 156 valence electrons. The van der Waals surface area contributed by atoms with E-state index in [1.54, 1.807) is 7.05 Å². The van der Waals surface area contributed by atoms with Gasteiger partial charge in [-0.25, -0.2) is 0 Å². The smallest absolute Gasteiger partial charge is 0.222 e. The molecule has 0 spiro atoms. The monoisotopic (exact) mass is 506 g/mol. The molecule has 1 saturated heterocycles. The number of hydrogen-bond donors (Lipinski definition) is 2. The molecule has 2 aromatic carbocycles. The Balaban J connectivity index is 0.00000300. The number of aryl methyl sites for hydroxylation is 1. The fourth-order valence-corrected chi connectivity index (χ4v) is 3.67. The van der Waals surface area contributed by atoms with Crippen LogP contribution < -0.4 is 10.6 Å². The van der Waals surface area contributed by atoms with Gasteiger partial charge in [0, 0.05) is 33.1 Å². The van der Waals surface area contributed by atoms with Crippen molar-refractivity contribution >= 4 is 35.8 Å². The van der Waals surface area contributed by atoms with E-state index in [9.17, 15) is 4.79 Å². The number of likely N-dealkylation sites (tertiary alicyclic amines) is 1. The van der Waals surface area contributed by atoms with Crippen LogP contribution in [-0.4, -0.2) is 30.4 Å². The molecule has 1 heterocycles. The van der Waals surface area contributed by atoms with Crippen LogP contribution in [0.5, 0.6) is 0 Å². The molecule has 1 aliphatic heterocycles. The Kier molecular flexibility index (Phi) is 8.95. The van der Waals surface area contributed by atoms with Crippen molar-refractivity contribution in [1.29, 1.82) is 0 Å². The highest BCUT2D eigenvalue weighted by atomic mass is 127. The van der Waals surface area contributed by atoms with Gasteiger partial charge >= 0.3 is 0 Å². The predicted molar refractivity (Wildman–Crippen MR) is 129 cm³/mol. The van der Waals surface area contributed by atoms with E-state index in [-0.39, 0.29) is 35.9 Å². The largest absolute Gasteiger partial charge is 0.352 e. The first-order valence-corrected chi connectivity index (χ1v) is 9.95. The Hall–Kier alpha value is -2.09. The minimum absolute atomic E-state index is 0. The van der Waals surface area contributed by atoms with Crippen molar-refractivity contribution in [2.75, 3.05) is 13.6 Å². The average Bonchev–Trinajstić information content (AvgIpc) is 3.10. The molecule has 6 heteroatoms. The van der Waals surface area contributed by atoms with E-state index in [2.05, 4.69) is 78.0 Å². The highest BCUT2D eigenvalue weighted by molar-refractivity contribution is 14.0. The molecule has 29 heavy (non-hydrogen) atoms. The quantitative estimate of drug-likeness (QED) is 0.352. The van der Waals surface area contributed by atoms with Gasteiger partial charge in [0.05, 0.1) is 6.04 Å². The molecule has 1 atom stereocenters. The molecule has 0 saturated carbocycles. The van der Waals surface area contributed by atoms with E-state index in [0.717, 1.165) is 18.9 Å². The number of nitrogens with one attached hydrogen (secondary N) is 2. The van der Waals surface area contributed by atoms with Crippen LogP contribution >= 0.6 is 24.0 Å². The first-order valence-electron chi connectivity index (χ1n) is 9.95. The van der Waals surface area contributed by atoms with Gasteiger partial charge in [-0.3, -0.25) is 9.79 Å². The van der Waals surface area contributed by atoms with Crippen LogP contribution in [0.1, 0.15) is 48.1 Å². The summed E-state index contributed by atoms with van der Waals surface area (Å²) < 4.78 is 0. The molecule has 3 rings (SSSR count). The molecule has 1 unspecified atom stereocenters.